The normalized spacial score (nSPS) is 9.69. The Balaban J connectivity index is 0.00000225. The van der Waals surface area contributed by atoms with Crippen LogP contribution in [-0.2, 0) is 0 Å². The first-order valence-corrected chi connectivity index (χ1v) is 5.32. The van der Waals surface area contributed by atoms with Gasteiger partial charge in [-0.25, -0.2) is 16.0 Å². The molecule has 1 rings (SSSR count). The van der Waals surface area contributed by atoms with Crippen molar-refractivity contribution in [3.63, 3.8) is 0 Å². The zero-order valence-electron chi connectivity index (χ0n) is 10.1. The molecule has 1 aromatic rings. The summed E-state index contributed by atoms with van der Waals surface area (Å²) < 4.78 is 0. The number of hydrogen-bond donors (Lipinski definition) is 3. The fourth-order valence-corrected chi connectivity index (χ4v) is 1.43. The Morgan fingerprint density at radius 1 is 1.19 bits per heavy atom. The van der Waals surface area contributed by atoms with Crippen LogP contribution in [0.1, 0.15) is 19.4 Å². The molecule has 0 aromatic heterocycles. The monoisotopic (exact) mass is 244 g/mol. The number of nitrogens with one attached hydrogen (secondary N) is 2. The van der Waals surface area contributed by atoms with Crippen molar-refractivity contribution in [1.29, 1.82) is 0 Å². The van der Waals surface area contributed by atoms with Crippen LogP contribution in [0.4, 0.5) is 11.4 Å². The number of halogens is 1. The molecule has 0 aliphatic rings. The van der Waals surface area contributed by atoms with Gasteiger partial charge in [-0.1, -0.05) is 19.9 Å². The number of nitrogens with zero attached hydrogens (tertiary/aromatic N) is 1. The molecule has 0 aliphatic carbocycles. The van der Waals surface area contributed by atoms with E-state index in [2.05, 4.69) is 24.7 Å². The first-order chi connectivity index (χ1) is 7.20. The van der Waals surface area contributed by atoms with Gasteiger partial charge in [-0.2, -0.15) is 0 Å². The van der Waals surface area contributed by atoms with E-state index in [1.165, 1.54) is 0 Å². The predicted molar refractivity (Wildman–Crippen MR) is 72.7 cm³/mol. The van der Waals surface area contributed by atoms with Gasteiger partial charge in [-0.15, -0.1) is 12.4 Å². The lowest BCUT2D eigenvalue weighted by Crippen LogP contribution is -2.48. The number of anilines is 2. The summed E-state index contributed by atoms with van der Waals surface area (Å²) in [6.45, 7) is 7.87. The fraction of sp³-hybridized carbons (Fsp3) is 0.455. The highest BCUT2D eigenvalue weighted by Gasteiger charge is 2.08. The van der Waals surface area contributed by atoms with E-state index >= 15 is 0 Å². The van der Waals surface area contributed by atoms with E-state index in [1.54, 1.807) is 0 Å². The smallest absolute Gasteiger partial charge is 0.0751 e. The Hall–Kier alpha value is -0.970. The maximum absolute atomic E-state index is 5.87. The molecule has 0 saturated carbocycles. The molecular formula is C11H21ClN4. The van der Waals surface area contributed by atoms with Crippen molar-refractivity contribution in [2.75, 3.05) is 23.9 Å². The number of nitrogens with two attached hydrogens (primary N) is 1. The van der Waals surface area contributed by atoms with E-state index in [0.717, 1.165) is 30.0 Å². The highest BCUT2D eigenvalue weighted by Crippen LogP contribution is 2.22. The van der Waals surface area contributed by atoms with Crippen molar-refractivity contribution >= 4 is 23.8 Å². The largest absolute Gasteiger partial charge is 0.398 e. The Bertz CT molecular complexity index is 311. The summed E-state index contributed by atoms with van der Waals surface area (Å²) in [6.07, 6.45) is 0. The molecule has 4 N–H and O–H groups in total. The van der Waals surface area contributed by atoms with Crippen LogP contribution >= 0.6 is 12.4 Å². The third kappa shape index (κ3) is 3.56. The van der Waals surface area contributed by atoms with Gasteiger partial charge < -0.3 is 5.73 Å². The summed E-state index contributed by atoms with van der Waals surface area (Å²) in [5.41, 5.74) is 15.3. The van der Waals surface area contributed by atoms with Crippen molar-refractivity contribution in [3.8, 4) is 0 Å². The fourth-order valence-electron chi connectivity index (χ4n) is 1.43. The molecule has 1 aromatic carbocycles. The highest BCUT2D eigenvalue weighted by atomic mass is 35.5. The molecule has 0 fully saturated rings. The molecule has 4 nitrogen and oxygen atoms in total. The van der Waals surface area contributed by atoms with Gasteiger partial charge in [-0.05, 0) is 24.6 Å². The third-order valence-electron chi connectivity index (χ3n) is 2.22. The van der Waals surface area contributed by atoms with E-state index in [9.17, 15) is 0 Å². The lowest BCUT2D eigenvalue weighted by Gasteiger charge is -2.26. The van der Waals surface area contributed by atoms with Gasteiger partial charge in [0.15, 0.2) is 0 Å². The summed E-state index contributed by atoms with van der Waals surface area (Å²) in [6, 6.07) is 5.91. The number of hydrazine groups is 2. The first-order valence-electron chi connectivity index (χ1n) is 5.32. The van der Waals surface area contributed by atoms with Crippen molar-refractivity contribution in [2.45, 2.75) is 20.8 Å². The Kier molecular flexibility index (Phi) is 6.88. The molecule has 0 radical (unpaired) electrons. The lowest BCUT2D eigenvalue weighted by atomic mass is 10.1. The molecule has 0 amide bonds. The zero-order chi connectivity index (χ0) is 11.3. The molecular weight excluding hydrogens is 224 g/mol. The van der Waals surface area contributed by atoms with Gasteiger partial charge in [-0.3, -0.25) is 0 Å². The quantitative estimate of drug-likeness (QED) is 0.547. The summed E-state index contributed by atoms with van der Waals surface area (Å²) in [5, 5.41) is 1.92. The molecule has 0 bridgehead atoms. The molecule has 0 saturated heterocycles. The number of nitrogen functional groups attached to an aromatic ring is 1. The standard InChI is InChI=1S/C11H20N4.ClH/c1-4-13-15(14-5-2)11-8-6-7-10(12)9(11)3;/h6-8,13-14H,4-5,12H2,1-3H3;1H. The molecule has 0 heterocycles. The second-order valence-corrected chi connectivity index (χ2v) is 3.35. The summed E-state index contributed by atoms with van der Waals surface area (Å²) in [5.74, 6) is 0. The molecule has 92 valence electrons. The van der Waals surface area contributed by atoms with Crippen LogP contribution in [0.3, 0.4) is 0 Å². The predicted octanol–water partition coefficient (Wildman–Crippen LogP) is 1.85. The first kappa shape index (κ1) is 15.0. The van der Waals surface area contributed by atoms with Crippen molar-refractivity contribution < 1.29 is 0 Å². The van der Waals surface area contributed by atoms with E-state index in [1.807, 2.05) is 30.2 Å². The SMILES string of the molecule is CCNN(NCC)c1cccc(N)c1C.Cl. The minimum absolute atomic E-state index is 0. The van der Waals surface area contributed by atoms with Crippen LogP contribution in [-0.4, -0.2) is 13.1 Å². The van der Waals surface area contributed by atoms with Crippen molar-refractivity contribution in [2.24, 2.45) is 0 Å². The van der Waals surface area contributed by atoms with Crippen molar-refractivity contribution in [1.82, 2.24) is 10.9 Å². The Labute approximate surface area is 104 Å². The lowest BCUT2D eigenvalue weighted by molar-refractivity contribution is 0.549. The molecule has 5 heteroatoms. The number of hydrogen-bond acceptors (Lipinski definition) is 4. The Morgan fingerprint density at radius 2 is 1.75 bits per heavy atom. The van der Waals surface area contributed by atoms with Crippen LogP contribution in [0.2, 0.25) is 0 Å². The van der Waals surface area contributed by atoms with E-state index < -0.39 is 0 Å². The maximum Gasteiger partial charge on any atom is 0.0751 e. The van der Waals surface area contributed by atoms with Crippen LogP contribution in [0.25, 0.3) is 0 Å². The van der Waals surface area contributed by atoms with Gasteiger partial charge in [0.1, 0.15) is 0 Å². The van der Waals surface area contributed by atoms with E-state index in [-0.39, 0.29) is 12.4 Å². The summed E-state index contributed by atoms with van der Waals surface area (Å²) in [4.78, 5) is 0. The maximum atomic E-state index is 5.87. The van der Waals surface area contributed by atoms with Crippen LogP contribution < -0.4 is 21.7 Å². The van der Waals surface area contributed by atoms with E-state index in [4.69, 9.17) is 5.73 Å². The average Bonchev–Trinajstić information content (AvgIpc) is 2.22. The van der Waals surface area contributed by atoms with Gasteiger partial charge in [0.05, 0.1) is 5.69 Å². The van der Waals surface area contributed by atoms with Crippen LogP contribution in [0.15, 0.2) is 18.2 Å². The molecule has 16 heavy (non-hydrogen) atoms. The third-order valence-corrected chi connectivity index (χ3v) is 2.22. The van der Waals surface area contributed by atoms with Gasteiger partial charge >= 0.3 is 0 Å². The molecule has 0 atom stereocenters. The topological polar surface area (TPSA) is 53.3 Å². The average molecular weight is 245 g/mol. The van der Waals surface area contributed by atoms with Gasteiger partial charge in [0.25, 0.3) is 0 Å². The minimum atomic E-state index is 0. The second kappa shape index (κ2) is 7.33. The number of benzene rings is 1. The van der Waals surface area contributed by atoms with Crippen LogP contribution in [0, 0.1) is 6.92 Å². The van der Waals surface area contributed by atoms with E-state index in [0.29, 0.717) is 0 Å². The minimum Gasteiger partial charge on any atom is -0.398 e. The molecule has 0 aliphatic heterocycles. The zero-order valence-corrected chi connectivity index (χ0v) is 10.9. The van der Waals surface area contributed by atoms with Gasteiger partial charge in [0, 0.05) is 18.8 Å². The molecule has 0 spiro atoms. The summed E-state index contributed by atoms with van der Waals surface area (Å²) in [7, 11) is 0. The molecule has 0 unspecified atom stereocenters. The summed E-state index contributed by atoms with van der Waals surface area (Å²) >= 11 is 0. The number of rotatable bonds is 5. The second-order valence-electron chi connectivity index (χ2n) is 3.35. The highest BCUT2D eigenvalue weighted by molar-refractivity contribution is 5.85. The van der Waals surface area contributed by atoms with Crippen LogP contribution in [0.5, 0.6) is 0 Å². The van der Waals surface area contributed by atoms with Gasteiger partial charge in [0.2, 0.25) is 0 Å². The Morgan fingerprint density at radius 3 is 2.25 bits per heavy atom. The van der Waals surface area contributed by atoms with Crippen molar-refractivity contribution in [3.05, 3.63) is 23.8 Å².